The molecule has 8 heteroatoms. The van der Waals surface area contributed by atoms with E-state index in [0.29, 0.717) is 0 Å². The summed E-state index contributed by atoms with van der Waals surface area (Å²) in [5.41, 5.74) is -0.918. The summed E-state index contributed by atoms with van der Waals surface area (Å²) in [7, 11) is 0. The fraction of sp³-hybridized carbons (Fsp3) is 0. The van der Waals surface area contributed by atoms with Gasteiger partial charge in [-0.25, -0.2) is 13.9 Å². The van der Waals surface area contributed by atoms with Gasteiger partial charge >= 0.3 is 0 Å². The highest BCUT2D eigenvalue weighted by molar-refractivity contribution is 9.10. The fourth-order valence-electron chi connectivity index (χ4n) is 1.28. The van der Waals surface area contributed by atoms with Crippen molar-refractivity contribution in [3.05, 3.63) is 56.4 Å². The predicted molar refractivity (Wildman–Crippen MR) is 66.9 cm³/mol. The third-order valence-electron chi connectivity index (χ3n) is 2.17. The quantitative estimate of drug-likeness (QED) is 0.828. The van der Waals surface area contributed by atoms with Crippen LogP contribution in [0.2, 0.25) is 0 Å². The van der Waals surface area contributed by atoms with Crippen LogP contribution in [0.5, 0.6) is 0 Å². The van der Waals surface area contributed by atoms with E-state index in [1.165, 1.54) is 6.07 Å². The van der Waals surface area contributed by atoms with Crippen molar-refractivity contribution in [1.82, 2.24) is 10.2 Å². The van der Waals surface area contributed by atoms with Gasteiger partial charge in [0.15, 0.2) is 0 Å². The van der Waals surface area contributed by atoms with Crippen LogP contribution in [0.15, 0.2) is 33.5 Å². The maximum atomic E-state index is 13.5. The highest BCUT2D eigenvalue weighted by atomic mass is 79.9. The molecule has 1 aromatic carbocycles. The summed E-state index contributed by atoms with van der Waals surface area (Å²) < 4.78 is 26.7. The smallest absolute Gasteiger partial charge is 0.276 e. The summed E-state index contributed by atoms with van der Waals surface area (Å²) in [6.07, 6.45) is 0. The summed E-state index contributed by atoms with van der Waals surface area (Å²) in [6, 6.07) is 4.00. The van der Waals surface area contributed by atoms with Gasteiger partial charge < -0.3 is 5.32 Å². The van der Waals surface area contributed by atoms with Crippen molar-refractivity contribution in [3.63, 3.8) is 0 Å². The van der Waals surface area contributed by atoms with Crippen LogP contribution in [0.25, 0.3) is 0 Å². The lowest BCUT2D eigenvalue weighted by Gasteiger charge is -2.06. The van der Waals surface area contributed by atoms with Crippen molar-refractivity contribution in [3.8, 4) is 0 Å². The Kier molecular flexibility index (Phi) is 3.70. The number of halogens is 3. The standard InChI is InChI=1S/C11H6BrF2N3O2/c12-5-3-7(14)9(4-6(5)13)15-11(19)8-1-2-10(18)17-16-8/h1-4H,(H,15,19)(H,17,18). The van der Waals surface area contributed by atoms with Crippen LogP contribution in [0, 0.1) is 11.6 Å². The number of carbonyl (C=O) groups is 1. The first-order valence-corrected chi connectivity index (χ1v) is 5.78. The Morgan fingerprint density at radius 1 is 1.26 bits per heavy atom. The van der Waals surface area contributed by atoms with Crippen LogP contribution in [-0.4, -0.2) is 16.1 Å². The minimum absolute atomic E-state index is 0.0508. The number of nitrogens with zero attached hydrogens (tertiary/aromatic N) is 1. The summed E-state index contributed by atoms with van der Waals surface area (Å²) in [6.45, 7) is 0. The van der Waals surface area contributed by atoms with Crippen molar-refractivity contribution in [2.24, 2.45) is 0 Å². The van der Waals surface area contributed by atoms with E-state index in [0.717, 1.165) is 18.2 Å². The molecule has 0 saturated heterocycles. The number of benzene rings is 1. The molecule has 2 N–H and O–H groups in total. The number of amides is 1. The summed E-state index contributed by atoms with van der Waals surface area (Å²) >= 11 is 2.82. The zero-order chi connectivity index (χ0) is 14.0. The lowest BCUT2D eigenvalue weighted by Crippen LogP contribution is -2.18. The predicted octanol–water partition coefficient (Wildman–Crippen LogP) is 2.06. The van der Waals surface area contributed by atoms with Gasteiger partial charge in [0.05, 0.1) is 10.2 Å². The molecule has 1 aromatic heterocycles. The number of hydrogen-bond acceptors (Lipinski definition) is 3. The van der Waals surface area contributed by atoms with Gasteiger partial charge in [0.25, 0.3) is 11.5 Å². The number of H-pyrrole nitrogens is 1. The van der Waals surface area contributed by atoms with Gasteiger partial charge in [-0.3, -0.25) is 9.59 Å². The third-order valence-corrected chi connectivity index (χ3v) is 2.78. The minimum Gasteiger partial charge on any atom is -0.318 e. The van der Waals surface area contributed by atoms with Gasteiger partial charge in [-0.2, -0.15) is 5.10 Å². The second-order valence-corrected chi connectivity index (χ2v) is 4.36. The van der Waals surface area contributed by atoms with Crippen molar-refractivity contribution in [1.29, 1.82) is 0 Å². The van der Waals surface area contributed by atoms with E-state index < -0.39 is 23.1 Å². The SMILES string of the molecule is O=C(Nc1cc(F)c(Br)cc1F)c1ccc(=O)[nH]n1. The number of hydrogen-bond donors (Lipinski definition) is 2. The average molecular weight is 330 g/mol. The number of nitrogens with one attached hydrogen (secondary N) is 2. The molecule has 0 aliphatic carbocycles. The zero-order valence-electron chi connectivity index (χ0n) is 9.21. The number of aromatic amines is 1. The Morgan fingerprint density at radius 2 is 2.00 bits per heavy atom. The summed E-state index contributed by atoms with van der Waals surface area (Å²) in [5, 5.41) is 7.68. The molecule has 98 valence electrons. The maximum Gasteiger partial charge on any atom is 0.276 e. The summed E-state index contributed by atoms with van der Waals surface area (Å²) in [4.78, 5) is 22.5. The molecule has 0 unspecified atom stereocenters. The molecular formula is C11H6BrF2N3O2. The van der Waals surface area contributed by atoms with Crippen molar-refractivity contribution in [2.45, 2.75) is 0 Å². The molecular weight excluding hydrogens is 324 g/mol. The number of rotatable bonds is 2. The van der Waals surface area contributed by atoms with E-state index in [2.05, 4.69) is 31.4 Å². The lowest BCUT2D eigenvalue weighted by atomic mass is 10.2. The molecule has 5 nitrogen and oxygen atoms in total. The molecule has 0 aliphatic heterocycles. The molecule has 19 heavy (non-hydrogen) atoms. The number of anilines is 1. The van der Waals surface area contributed by atoms with Gasteiger partial charge in [-0.1, -0.05) is 0 Å². The molecule has 0 fully saturated rings. The topological polar surface area (TPSA) is 74.8 Å². The van der Waals surface area contributed by atoms with Crippen LogP contribution in [-0.2, 0) is 0 Å². The molecule has 2 aromatic rings. The molecule has 0 spiro atoms. The van der Waals surface area contributed by atoms with E-state index in [9.17, 15) is 18.4 Å². The molecule has 1 heterocycles. The Morgan fingerprint density at radius 3 is 2.63 bits per heavy atom. The summed E-state index contributed by atoms with van der Waals surface area (Å²) in [5.74, 6) is -2.28. The minimum atomic E-state index is -0.800. The highest BCUT2D eigenvalue weighted by Crippen LogP contribution is 2.23. The van der Waals surface area contributed by atoms with Crippen molar-refractivity contribution in [2.75, 3.05) is 5.32 Å². The highest BCUT2D eigenvalue weighted by Gasteiger charge is 2.13. The van der Waals surface area contributed by atoms with Gasteiger partial charge in [0.1, 0.15) is 17.3 Å². The molecule has 0 radical (unpaired) electrons. The van der Waals surface area contributed by atoms with E-state index in [4.69, 9.17) is 0 Å². The zero-order valence-corrected chi connectivity index (χ0v) is 10.8. The molecule has 2 rings (SSSR count). The van der Waals surface area contributed by atoms with Gasteiger partial charge in [-0.15, -0.1) is 0 Å². The average Bonchev–Trinajstić information content (AvgIpc) is 2.36. The molecule has 0 saturated carbocycles. The van der Waals surface area contributed by atoms with E-state index in [1.54, 1.807) is 0 Å². The van der Waals surface area contributed by atoms with Gasteiger partial charge in [-0.05, 0) is 28.1 Å². The maximum absolute atomic E-state index is 13.5. The number of aromatic nitrogens is 2. The Balaban J connectivity index is 2.26. The number of carbonyl (C=O) groups excluding carboxylic acids is 1. The first-order chi connectivity index (χ1) is 8.97. The fourth-order valence-corrected chi connectivity index (χ4v) is 1.59. The van der Waals surface area contributed by atoms with Crippen LogP contribution in [0.3, 0.4) is 0 Å². The van der Waals surface area contributed by atoms with E-state index in [-0.39, 0.29) is 15.9 Å². The first kappa shape index (κ1) is 13.3. The largest absolute Gasteiger partial charge is 0.318 e. The molecule has 0 bridgehead atoms. The molecule has 0 atom stereocenters. The van der Waals surface area contributed by atoms with Crippen molar-refractivity contribution >= 4 is 27.5 Å². The monoisotopic (exact) mass is 329 g/mol. The van der Waals surface area contributed by atoms with E-state index in [1.807, 2.05) is 0 Å². The van der Waals surface area contributed by atoms with Crippen LogP contribution in [0.1, 0.15) is 10.5 Å². The van der Waals surface area contributed by atoms with Gasteiger partial charge in [0, 0.05) is 12.1 Å². The Labute approximate surface area is 113 Å². The second kappa shape index (κ2) is 5.27. The van der Waals surface area contributed by atoms with Crippen LogP contribution >= 0.6 is 15.9 Å². The Bertz CT molecular complexity index is 682. The Hall–Kier alpha value is -2.09. The first-order valence-electron chi connectivity index (χ1n) is 4.99. The molecule has 1 amide bonds. The van der Waals surface area contributed by atoms with Crippen LogP contribution < -0.4 is 10.9 Å². The normalized spacial score (nSPS) is 10.3. The third kappa shape index (κ3) is 3.02. The van der Waals surface area contributed by atoms with Crippen LogP contribution in [0.4, 0.5) is 14.5 Å². The van der Waals surface area contributed by atoms with Crippen molar-refractivity contribution < 1.29 is 13.6 Å². The second-order valence-electron chi connectivity index (χ2n) is 3.51. The lowest BCUT2D eigenvalue weighted by molar-refractivity contribution is 0.102. The van der Waals surface area contributed by atoms with Gasteiger partial charge in [0.2, 0.25) is 0 Å². The molecule has 0 aliphatic rings. The van der Waals surface area contributed by atoms with E-state index >= 15 is 0 Å².